The summed E-state index contributed by atoms with van der Waals surface area (Å²) in [6.45, 7) is 1.40. The van der Waals surface area contributed by atoms with Gasteiger partial charge in [0, 0.05) is 13.0 Å². The lowest BCUT2D eigenvalue weighted by molar-refractivity contribution is -0.140. The van der Waals surface area contributed by atoms with Gasteiger partial charge in [-0.25, -0.2) is 4.79 Å². The Bertz CT molecular complexity index is 171. The van der Waals surface area contributed by atoms with Crippen molar-refractivity contribution in [3.8, 4) is 0 Å². The molecule has 0 aromatic heterocycles. The number of methoxy groups -OCH3 is 1. The fourth-order valence-electron chi connectivity index (χ4n) is 0.378. The van der Waals surface area contributed by atoms with E-state index in [-0.39, 0.29) is 12.6 Å². The highest BCUT2D eigenvalue weighted by molar-refractivity contribution is 5.81. The lowest BCUT2D eigenvalue weighted by Crippen LogP contribution is -1.99. The molecule has 0 unspecified atom stereocenters. The van der Waals surface area contributed by atoms with E-state index in [2.05, 4.69) is 9.47 Å². The summed E-state index contributed by atoms with van der Waals surface area (Å²) in [5.41, 5.74) is 0. The predicted molar refractivity (Wildman–Crippen MR) is 37.8 cm³/mol. The van der Waals surface area contributed by atoms with Gasteiger partial charge in [0.25, 0.3) is 0 Å². The van der Waals surface area contributed by atoms with Gasteiger partial charge in [-0.15, -0.1) is 0 Å². The predicted octanol–water partition coefficient (Wildman–Crippen LogP) is 0.279. The topological polar surface area (TPSA) is 52.6 Å². The van der Waals surface area contributed by atoms with Gasteiger partial charge in [-0.1, -0.05) is 0 Å². The smallest absolute Gasteiger partial charge is 0.330 e. The SMILES string of the molecule is COC(=O)/C=C/COC(C)=O. The van der Waals surface area contributed by atoms with Crippen LogP contribution in [0.2, 0.25) is 0 Å². The molecule has 0 aromatic carbocycles. The van der Waals surface area contributed by atoms with Crippen molar-refractivity contribution in [1.29, 1.82) is 0 Å². The van der Waals surface area contributed by atoms with Gasteiger partial charge in [0.15, 0.2) is 0 Å². The largest absolute Gasteiger partial charge is 0.466 e. The molecule has 0 saturated heterocycles. The Hall–Kier alpha value is -1.32. The highest BCUT2D eigenvalue weighted by Crippen LogP contribution is 1.81. The summed E-state index contributed by atoms with van der Waals surface area (Å²) >= 11 is 0. The standard InChI is InChI=1S/C7H10O4/c1-6(8)11-5-3-4-7(9)10-2/h3-4H,5H2,1-2H3/b4-3+. The Balaban J connectivity index is 3.45. The maximum atomic E-state index is 10.4. The van der Waals surface area contributed by atoms with Gasteiger partial charge in [-0.05, 0) is 6.08 Å². The average Bonchev–Trinajstić information content (AvgIpc) is 1.97. The number of rotatable bonds is 3. The Morgan fingerprint density at radius 2 is 2.09 bits per heavy atom. The molecular weight excluding hydrogens is 148 g/mol. The summed E-state index contributed by atoms with van der Waals surface area (Å²) in [6, 6.07) is 0. The first-order valence-electron chi connectivity index (χ1n) is 3.04. The minimum atomic E-state index is -0.461. The molecule has 0 amide bonds. The number of carbonyl (C=O) groups excluding carboxylic acids is 2. The zero-order chi connectivity index (χ0) is 8.69. The number of hydrogen-bond donors (Lipinski definition) is 0. The van der Waals surface area contributed by atoms with Crippen molar-refractivity contribution in [3.63, 3.8) is 0 Å². The highest BCUT2D eigenvalue weighted by atomic mass is 16.5. The molecule has 0 aromatic rings. The molecule has 0 aliphatic carbocycles. The van der Waals surface area contributed by atoms with E-state index in [1.807, 2.05) is 0 Å². The van der Waals surface area contributed by atoms with Crippen molar-refractivity contribution >= 4 is 11.9 Å². The molecule has 0 rings (SSSR count). The number of ether oxygens (including phenoxy) is 2. The third-order valence-electron chi connectivity index (χ3n) is 0.838. The summed E-state index contributed by atoms with van der Waals surface area (Å²) < 4.78 is 8.79. The molecule has 11 heavy (non-hydrogen) atoms. The van der Waals surface area contributed by atoms with E-state index in [0.29, 0.717) is 0 Å². The van der Waals surface area contributed by atoms with Crippen LogP contribution in [0.25, 0.3) is 0 Å². The van der Waals surface area contributed by atoms with E-state index in [1.165, 1.54) is 26.2 Å². The zero-order valence-electron chi connectivity index (χ0n) is 6.49. The fourth-order valence-corrected chi connectivity index (χ4v) is 0.378. The zero-order valence-corrected chi connectivity index (χ0v) is 6.49. The van der Waals surface area contributed by atoms with Crippen molar-refractivity contribution in [2.24, 2.45) is 0 Å². The summed E-state index contributed by atoms with van der Waals surface area (Å²) in [5.74, 6) is -0.836. The van der Waals surface area contributed by atoms with Crippen LogP contribution >= 0.6 is 0 Å². The van der Waals surface area contributed by atoms with Crippen molar-refractivity contribution in [1.82, 2.24) is 0 Å². The molecule has 0 N–H and O–H groups in total. The molecule has 0 saturated carbocycles. The molecule has 0 fully saturated rings. The lowest BCUT2D eigenvalue weighted by Gasteiger charge is -1.93. The van der Waals surface area contributed by atoms with Crippen LogP contribution in [0.3, 0.4) is 0 Å². The van der Waals surface area contributed by atoms with E-state index >= 15 is 0 Å². The molecule has 0 radical (unpaired) electrons. The van der Waals surface area contributed by atoms with Gasteiger partial charge in [-0.3, -0.25) is 4.79 Å². The number of esters is 2. The van der Waals surface area contributed by atoms with Gasteiger partial charge < -0.3 is 9.47 Å². The van der Waals surface area contributed by atoms with Gasteiger partial charge in [-0.2, -0.15) is 0 Å². The van der Waals surface area contributed by atoms with Crippen LogP contribution in [0.4, 0.5) is 0 Å². The van der Waals surface area contributed by atoms with Crippen molar-refractivity contribution in [2.45, 2.75) is 6.92 Å². The minimum absolute atomic E-state index is 0.102. The Morgan fingerprint density at radius 3 is 2.55 bits per heavy atom. The first-order valence-corrected chi connectivity index (χ1v) is 3.04. The van der Waals surface area contributed by atoms with Crippen LogP contribution in [-0.2, 0) is 19.1 Å². The third-order valence-corrected chi connectivity index (χ3v) is 0.838. The van der Waals surface area contributed by atoms with Crippen LogP contribution in [0.1, 0.15) is 6.92 Å². The average molecular weight is 158 g/mol. The monoisotopic (exact) mass is 158 g/mol. The highest BCUT2D eigenvalue weighted by Gasteiger charge is 1.90. The quantitative estimate of drug-likeness (QED) is 0.437. The minimum Gasteiger partial charge on any atom is -0.466 e. The first-order chi connectivity index (χ1) is 5.16. The normalized spacial score (nSPS) is 9.64. The second kappa shape index (κ2) is 5.46. The van der Waals surface area contributed by atoms with Gasteiger partial charge in [0.1, 0.15) is 6.61 Å². The summed E-state index contributed by atoms with van der Waals surface area (Å²) in [6.07, 6.45) is 2.61. The Kier molecular flexibility index (Phi) is 4.81. The van der Waals surface area contributed by atoms with Gasteiger partial charge in [0.2, 0.25) is 0 Å². The second-order valence-corrected chi connectivity index (χ2v) is 1.73. The third kappa shape index (κ3) is 6.57. The first kappa shape index (κ1) is 9.68. The molecule has 0 aliphatic heterocycles. The fraction of sp³-hybridized carbons (Fsp3) is 0.429. The van der Waals surface area contributed by atoms with E-state index < -0.39 is 5.97 Å². The molecule has 0 spiro atoms. The van der Waals surface area contributed by atoms with E-state index in [4.69, 9.17) is 0 Å². The molecule has 0 heterocycles. The maximum Gasteiger partial charge on any atom is 0.330 e. The van der Waals surface area contributed by atoms with Crippen LogP contribution in [0.5, 0.6) is 0 Å². The molecule has 4 heteroatoms. The van der Waals surface area contributed by atoms with Crippen LogP contribution in [0.15, 0.2) is 12.2 Å². The van der Waals surface area contributed by atoms with Gasteiger partial charge >= 0.3 is 11.9 Å². The van der Waals surface area contributed by atoms with Gasteiger partial charge in [0.05, 0.1) is 7.11 Å². The molecular formula is C7H10O4. The van der Waals surface area contributed by atoms with E-state index in [1.54, 1.807) is 0 Å². The molecule has 0 atom stereocenters. The Labute approximate surface area is 64.8 Å². The summed E-state index contributed by atoms with van der Waals surface area (Å²) in [5, 5.41) is 0. The molecule has 0 aliphatic rings. The Morgan fingerprint density at radius 1 is 1.45 bits per heavy atom. The second-order valence-electron chi connectivity index (χ2n) is 1.73. The van der Waals surface area contributed by atoms with Crippen LogP contribution < -0.4 is 0 Å². The molecule has 62 valence electrons. The van der Waals surface area contributed by atoms with Crippen LogP contribution in [-0.4, -0.2) is 25.7 Å². The maximum absolute atomic E-state index is 10.4. The number of carbonyl (C=O) groups is 2. The molecule has 0 bridgehead atoms. The van der Waals surface area contributed by atoms with Crippen molar-refractivity contribution < 1.29 is 19.1 Å². The summed E-state index contributed by atoms with van der Waals surface area (Å²) in [7, 11) is 1.28. The number of hydrogen-bond acceptors (Lipinski definition) is 4. The van der Waals surface area contributed by atoms with Crippen molar-refractivity contribution in [3.05, 3.63) is 12.2 Å². The van der Waals surface area contributed by atoms with Crippen molar-refractivity contribution in [2.75, 3.05) is 13.7 Å². The van der Waals surface area contributed by atoms with Crippen LogP contribution in [0, 0.1) is 0 Å². The summed E-state index contributed by atoms with van der Waals surface area (Å²) in [4.78, 5) is 20.6. The van der Waals surface area contributed by atoms with E-state index in [0.717, 1.165) is 0 Å². The lowest BCUT2D eigenvalue weighted by atomic mass is 10.5. The molecule has 4 nitrogen and oxygen atoms in total. The van der Waals surface area contributed by atoms with E-state index in [9.17, 15) is 9.59 Å².